The molecular formula is C27H31BrN2O3. The molecule has 0 bridgehead atoms. The van der Waals surface area contributed by atoms with Crippen molar-refractivity contribution in [3.05, 3.63) is 69.7 Å². The van der Waals surface area contributed by atoms with E-state index in [1.807, 2.05) is 41.3 Å². The first kappa shape index (κ1) is 23.7. The molecular weight excluding hydrogens is 480 g/mol. The third-order valence-corrected chi connectivity index (χ3v) is 7.35. The Balaban J connectivity index is 1.79. The molecule has 1 saturated carbocycles. The van der Waals surface area contributed by atoms with E-state index < -0.39 is 5.66 Å². The predicted molar refractivity (Wildman–Crippen MR) is 133 cm³/mol. The number of rotatable bonds is 5. The Morgan fingerprint density at radius 2 is 1.85 bits per heavy atom. The zero-order valence-corrected chi connectivity index (χ0v) is 21.3. The number of carbonyl (C=O) groups is 2. The van der Waals surface area contributed by atoms with Gasteiger partial charge in [0.25, 0.3) is 5.91 Å². The van der Waals surface area contributed by atoms with Crippen LogP contribution in [0.4, 0.5) is 0 Å². The summed E-state index contributed by atoms with van der Waals surface area (Å²) in [7, 11) is 1.38. The van der Waals surface area contributed by atoms with Gasteiger partial charge in [-0.3, -0.25) is 9.79 Å². The minimum atomic E-state index is -0.548. The highest BCUT2D eigenvalue weighted by Crippen LogP contribution is 2.48. The molecule has 1 spiro atoms. The van der Waals surface area contributed by atoms with Crippen LogP contribution < -0.4 is 0 Å². The zero-order valence-electron chi connectivity index (χ0n) is 19.7. The summed E-state index contributed by atoms with van der Waals surface area (Å²) in [4.78, 5) is 33.2. The molecule has 33 heavy (non-hydrogen) atoms. The molecule has 4 rings (SSSR count). The number of amides is 1. The van der Waals surface area contributed by atoms with Crippen molar-refractivity contribution in [1.29, 1.82) is 0 Å². The standard InChI is InChI=1S/C27H31BrN2O3/c1-5-23(19-9-11-20(12-10-19)26(32)33-4)30-25(31)24(21-7-6-8-22(28)14-21)29-27(30)15-17(2)13-18(3)16-27/h6-12,14,17-18,23H,5,13,15-16H2,1-4H3/t17?,18?,23-,27?/m1/s1. The van der Waals surface area contributed by atoms with Crippen LogP contribution in [0.5, 0.6) is 0 Å². The van der Waals surface area contributed by atoms with E-state index in [9.17, 15) is 9.59 Å². The molecule has 1 heterocycles. The summed E-state index contributed by atoms with van der Waals surface area (Å²) in [6.07, 6.45) is 3.62. The normalized spacial score (nSPS) is 25.8. The van der Waals surface area contributed by atoms with E-state index in [0.717, 1.165) is 41.3 Å². The number of hydrogen-bond donors (Lipinski definition) is 0. The Labute approximate surface area is 204 Å². The van der Waals surface area contributed by atoms with Gasteiger partial charge in [-0.25, -0.2) is 4.79 Å². The highest BCUT2D eigenvalue weighted by Gasteiger charge is 2.52. The molecule has 6 heteroatoms. The molecule has 0 saturated heterocycles. The van der Waals surface area contributed by atoms with Crippen LogP contribution in [0, 0.1) is 11.8 Å². The summed E-state index contributed by atoms with van der Waals surface area (Å²) in [5.74, 6) is 0.583. The summed E-state index contributed by atoms with van der Waals surface area (Å²) in [5.41, 5.74) is 2.35. The number of benzene rings is 2. The number of esters is 1. The molecule has 1 fully saturated rings. The molecule has 2 aromatic carbocycles. The molecule has 0 aromatic heterocycles. The lowest BCUT2D eigenvalue weighted by Gasteiger charge is -2.47. The molecule has 0 radical (unpaired) electrons. The Morgan fingerprint density at radius 1 is 1.18 bits per heavy atom. The molecule has 1 aliphatic heterocycles. The first-order chi connectivity index (χ1) is 15.8. The number of ether oxygens (including phenoxy) is 1. The largest absolute Gasteiger partial charge is 0.465 e. The van der Waals surface area contributed by atoms with Crippen molar-refractivity contribution in [2.45, 2.75) is 58.2 Å². The lowest BCUT2D eigenvalue weighted by atomic mass is 9.75. The highest BCUT2D eigenvalue weighted by molar-refractivity contribution is 9.10. The number of carbonyl (C=O) groups excluding carboxylic acids is 2. The van der Waals surface area contributed by atoms with Gasteiger partial charge in [0.05, 0.1) is 18.7 Å². The van der Waals surface area contributed by atoms with Gasteiger partial charge < -0.3 is 9.64 Å². The maximum Gasteiger partial charge on any atom is 0.337 e. The summed E-state index contributed by atoms with van der Waals surface area (Å²) in [6, 6.07) is 15.1. The average molecular weight is 511 g/mol. The van der Waals surface area contributed by atoms with Gasteiger partial charge in [0.15, 0.2) is 0 Å². The highest BCUT2D eigenvalue weighted by atomic mass is 79.9. The summed E-state index contributed by atoms with van der Waals surface area (Å²) in [6.45, 7) is 6.63. The van der Waals surface area contributed by atoms with Gasteiger partial charge in [-0.2, -0.15) is 0 Å². The van der Waals surface area contributed by atoms with Crippen LogP contribution in [0.3, 0.4) is 0 Å². The number of hydrogen-bond acceptors (Lipinski definition) is 4. The van der Waals surface area contributed by atoms with Crippen LogP contribution in [0.25, 0.3) is 0 Å². The maximum atomic E-state index is 14.0. The van der Waals surface area contributed by atoms with Crippen LogP contribution >= 0.6 is 15.9 Å². The minimum Gasteiger partial charge on any atom is -0.465 e. The molecule has 3 atom stereocenters. The second-order valence-corrected chi connectivity index (χ2v) is 10.4. The molecule has 1 aliphatic carbocycles. The lowest BCUT2D eigenvalue weighted by molar-refractivity contribution is -0.134. The molecule has 2 aliphatic rings. The van der Waals surface area contributed by atoms with Gasteiger partial charge in [0.2, 0.25) is 0 Å². The van der Waals surface area contributed by atoms with E-state index in [1.165, 1.54) is 7.11 Å². The Bertz CT molecular complexity index is 1070. The zero-order chi connectivity index (χ0) is 23.8. The van der Waals surface area contributed by atoms with Crippen LogP contribution in [-0.2, 0) is 9.53 Å². The smallest absolute Gasteiger partial charge is 0.337 e. The van der Waals surface area contributed by atoms with Crippen molar-refractivity contribution in [3.63, 3.8) is 0 Å². The maximum absolute atomic E-state index is 14.0. The fourth-order valence-corrected chi connectivity index (χ4v) is 6.14. The number of methoxy groups -OCH3 is 1. The molecule has 0 N–H and O–H groups in total. The van der Waals surface area contributed by atoms with Crippen LogP contribution in [0.15, 0.2) is 58.0 Å². The fraction of sp³-hybridized carbons (Fsp3) is 0.444. The number of nitrogens with zero attached hydrogens (tertiary/aromatic N) is 2. The van der Waals surface area contributed by atoms with Crippen LogP contribution in [0.2, 0.25) is 0 Å². The summed E-state index contributed by atoms with van der Waals surface area (Å²) in [5, 5.41) is 0. The van der Waals surface area contributed by atoms with Gasteiger partial charge in [-0.1, -0.05) is 61.0 Å². The van der Waals surface area contributed by atoms with Crippen molar-refractivity contribution < 1.29 is 14.3 Å². The average Bonchev–Trinajstić information content (AvgIpc) is 3.05. The number of halogens is 1. The van der Waals surface area contributed by atoms with Crippen molar-refractivity contribution in [2.75, 3.05) is 7.11 Å². The van der Waals surface area contributed by atoms with Gasteiger partial charge in [-0.15, -0.1) is 0 Å². The first-order valence-electron chi connectivity index (χ1n) is 11.7. The third-order valence-electron chi connectivity index (χ3n) is 6.86. The Kier molecular flexibility index (Phi) is 6.76. The van der Waals surface area contributed by atoms with E-state index in [2.05, 4.69) is 36.7 Å². The van der Waals surface area contributed by atoms with E-state index in [0.29, 0.717) is 23.1 Å². The summed E-state index contributed by atoms with van der Waals surface area (Å²) >= 11 is 3.54. The molecule has 174 valence electrons. The molecule has 2 unspecified atom stereocenters. The lowest BCUT2D eigenvalue weighted by Crippen LogP contribution is -2.52. The van der Waals surface area contributed by atoms with Gasteiger partial charge in [0.1, 0.15) is 11.4 Å². The van der Waals surface area contributed by atoms with Crippen molar-refractivity contribution >= 4 is 33.5 Å². The summed E-state index contributed by atoms with van der Waals surface area (Å²) < 4.78 is 5.77. The van der Waals surface area contributed by atoms with Crippen molar-refractivity contribution in [3.8, 4) is 0 Å². The van der Waals surface area contributed by atoms with Crippen LogP contribution in [-0.4, -0.2) is 35.3 Å². The van der Waals surface area contributed by atoms with E-state index in [1.54, 1.807) is 12.1 Å². The SMILES string of the molecule is CC[C@H](c1ccc(C(=O)OC)cc1)N1C(=O)C(c2cccc(Br)c2)=NC12CC(C)CC(C)C2. The first-order valence-corrected chi connectivity index (χ1v) is 12.4. The molecule has 2 aromatic rings. The Hall–Kier alpha value is -2.47. The Morgan fingerprint density at radius 3 is 2.42 bits per heavy atom. The van der Waals surface area contributed by atoms with E-state index in [4.69, 9.17) is 9.73 Å². The van der Waals surface area contributed by atoms with E-state index in [-0.39, 0.29) is 17.9 Å². The van der Waals surface area contributed by atoms with Gasteiger partial charge >= 0.3 is 5.97 Å². The molecule has 1 amide bonds. The van der Waals surface area contributed by atoms with E-state index >= 15 is 0 Å². The van der Waals surface area contributed by atoms with Crippen molar-refractivity contribution in [1.82, 2.24) is 4.90 Å². The number of aliphatic imine (C=N–C) groups is 1. The van der Waals surface area contributed by atoms with Crippen LogP contribution in [0.1, 0.15) is 74.0 Å². The van der Waals surface area contributed by atoms with Gasteiger partial charge in [-0.05, 0) is 67.3 Å². The van der Waals surface area contributed by atoms with Gasteiger partial charge in [0, 0.05) is 10.0 Å². The predicted octanol–water partition coefficient (Wildman–Crippen LogP) is 6.17. The van der Waals surface area contributed by atoms with Crippen molar-refractivity contribution in [2.24, 2.45) is 16.8 Å². The minimum absolute atomic E-state index is 0.0155. The fourth-order valence-electron chi connectivity index (χ4n) is 5.74. The topological polar surface area (TPSA) is 59.0 Å². The third kappa shape index (κ3) is 4.50. The second-order valence-electron chi connectivity index (χ2n) is 9.52. The molecule has 5 nitrogen and oxygen atoms in total. The quantitative estimate of drug-likeness (QED) is 0.451. The second kappa shape index (κ2) is 9.41. The monoisotopic (exact) mass is 510 g/mol.